The van der Waals surface area contributed by atoms with Crippen LogP contribution in [0.5, 0.6) is 5.75 Å². The van der Waals surface area contributed by atoms with Gasteiger partial charge in [-0.3, -0.25) is 9.78 Å². The summed E-state index contributed by atoms with van der Waals surface area (Å²) in [7, 11) is 0. The molecule has 2 heterocycles. The zero-order valence-corrected chi connectivity index (χ0v) is 17.9. The molecule has 0 aliphatic carbocycles. The highest BCUT2D eigenvalue weighted by Gasteiger charge is 2.23. The van der Waals surface area contributed by atoms with Crippen LogP contribution in [0.4, 0.5) is 0 Å². The first-order valence-corrected chi connectivity index (χ1v) is 10.3. The minimum absolute atomic E-state index is 0.231. The zero-order valence-electron chi connectivity index (χ0n) is 17.9. The molecule has 0 aliphatic rings. The fourth-order valence-electron chi connectivity index (χ4n) is 3.17. The molecule has 0 atom stereocenters. The van der Waals surface area contributed by atoms with Crippen LogP contribution in [0, 0.1) is 0 Å². The second-order valence-electron chi connectivity index (χ2n) is 6.89. The van der Waals surface area contributed by atoms with Gasteiger partial charge in [-0.1, -0.05) is 36.4 Å². The lowest BCUT2D eigenvalue weighted by Crippen LogP contribution is -2.24. The van der Waals surface area contributed by atoms with Crippen molar-refractivity contribution in [1.82, 2.24) is 10.4 Å². The first-order valence-electron chi connectivity index (χ1n) is 10.3. The molecular weight excluding hydrogens is 422 g/mol. The standard InChI is InChI=1S/C25H21N3O5/c1-2-31-25(30)23-20-14-19(11-12-21(20)33-24(23)17-8-4-3-5-9-17)32-16-22(29)28-27-15-18-10-6-7-13-26-18/h3-15H,2,16H2,1H3,(H,28,29). The molecule has 0 bridgehead atoms. The summed E-state index contributed by atoms with van der Waals surface area (Å²) in [5.74, 6) is -0.112. The van der Waals surface area contributed by atoms with Crippen molar-refractivity contribution in [2.75, 3.05) is 13.2 Å². The maximum Gasteiger partial charge on any atom is 0.342 e. The van der Waals surface area contributed by atoms with Gasteiger partial charge in [0.05, 0.1) is 18.5 Å². The number of hydrazone groups is 1. The molecular formula is C25H21N3O5. The summed E-state index contributed by atoms with van der Waals surface area (Å²) in [4.78, 5) is 28.9. The highest BCUT2D eigenvalue weighted by molar-refractivity contribution is 6.09. The molecule has 0 fully saturated rings. The van der Waals surface area contributed by atoms with E-state index >= 15 is 0 Å². The van der Waals surface area contributed by atoms with Crippen LogP contribution in [0.2, 0.25) is 0 Å². The number of rotatable bonds is 8. The number of hydrogen-bond donors (Lipinski definition) is 1. The molecule has 1 amide bonds. The molecule has 8 heteroatoms. The summed E-state index contributed by atoms with van der Waals surface area (Å²) < 4.78 is 16.8. The Morgan fingerprint density at radius 1 is 1.09 bits per heavy atom. The predicted octanol–water partition coefficient (Wildman–Crippen LogP) is 4.20. The van der Waals surface area contributed by atoms with Gasteiger partial charge in [-0.05, 0) is 37.3 Å². The van der Waals surface area contributed by atoms with E-state index in [9.17, 15) is 9.59 Å². The predicted molar refractivity (Wildman–Crippen MR) is 123 cm³/mol. The number of amides is 1. The molecule has 0 spiro atoms. The van der Waals surface area contributed by atoms with Crippen molar-refractivity contribution < 1.29 is 23.5 Å². The summed E-state index contributed by atoms with van der Waals surface area (Å²) in [6, 6.07) is 19.7. The van der Waals surface area contributed by atoms with Crippen LogP contribution in [-0.2, 0) is 9.53 Å². The van der Waals surface area contributed by atoms with Gasteiger partial charge in [-0.15, -0.1) is 0 Å². The first-order chi connectivity index (χ1) is 16.2. The number of carbonyl (C=O) groups excluding carboxylic acids is 2. The summed E-state index contributed by atoms with van der Waals surface area (Å²) in [5.41, 5.74) is 4.57. The monoisotopic (exact) mass is 443 g/mol. The molecule has 8 nitrogen and oxygen atoms in total. The third-order valence-corrected chi connectivity index (χ3v) is 4.62. The number of furan rings is 1. The number of benzene rings is 2. The quantitative estimate of drug-likeness (QED) is 0.249. The summed E-state index contributed by atoms with van der Waals surface area (Å²) in [6.45, 7) is 1.71. The molecule has 0 unspecified atom stereocenters. The number of fused-ring (bicyclic) bond motifs is 1. The summed E-state index contributed by atoms with van der Waals surface area (Å²) >= 11 is 0. The molecule has 2 aromatic heterocycles. The van der Waals surface area contributed by atoms with E-state index < -0.39 is 11.9 Å². The van der Waals surface area contributed by atoms with Gasteiger partial charge >= 0.3 is 5.97 Å². The van der Waals surface area contributed by atoms with Crippen molar-refractivity contribution in [3.8, 4) is 17.1 Å². The molecule has 166 valence electrons. The van der Waals surface area contributed by atoms with Gasteiger partial charge < -0.3 is 13.9 Å². The average Bonchev–Trinajstić information content (AvgIpc) is 3.23. The SMILES string of the molecule is CCOC(=O)c1c(-c2ccccc2)oc2ccc(OCC(=O)NN=Cc3ccccn3)cc12. The maximum absolute atomic E-state index is 12.7. The fourth-order valence-corrected chi connectivity index (χ4v) is 3.17. The number of ether oxygens (including phenoxy) is 2. The van der Waals surface area contributed by atoms with Gasteiger partial charge in [-0.25, -0.2) is 10.2 Å². The Hall–Kier alpha value is -4.46. The number of nitrogens with one attached hydrogen (secondary N) is 1. The lowest BCUT2D eigenvalue weighted by Gasteiger charge is -2.06. The average molecular weight is 443 g/mol. The third-order valence-electron chi connectivity index (χ3n) is 4.62. The van der Waals surface area contributed by atoms with Crippen molar-refractivity contribution in [1.29, 1.82) is 0 Å². The Morgan fingerprint density at radius 3 is 2.67 bits per heavy atom. The van der Waals surface area contributed by atoms with Crippen molar-refractivity contribution in [2.45, 2.75) is 6.92 Å². The highest BCUT2D eigenvalue weighted by Crippen LogP contribution is 2.36. The number of aromatic nitrogens is 1. The Kier molecular flexibility index (Phi) is 6.75. The van der Waals surface area contributed by atoms with Gasteiger partial charge in [0.2, 0.25) is 0 Å². The van der Waals surface area contributed by atoms with Gasteiger partial charge in [0.15, 0.2) is 6.61 Å². The number of carbonyl (C=O) groups is 2. The number of pyridine rings is 1. The smallest absolute Gasteiger partial charge is 0.342 e. The topological polar surface area (TPSA) is 103 Å². The third kappa shape index (κ3) is 5.24. The first kappa shape index (κ1) is 21.8. The van der Waals surface area contributed by atoms with Crippen LogP contribution in [0.15, 0.2) is 82.4 Å². The van der Waals surface area contributed by atoms with E-state index in [2.05, 4.69) is 15.5 Å². The lowest BCUT2D eigenvalue weighted by molar-refractivity contribution is -0.123. The van der Waals surface area contributed by atoms with Crippen LogP contribution < -0.4 is 10.2 Å². The molecule has 0 saturated heterocycles. The molecule has 2 aromatic carbocycles. The molecule has 0 aliphatic heterocycles. The summed E-state index contributed by atoms with van der Waals surface area (Å²) in [5, 5.41) is 4.40. The van der Waals surface area contributed by atoms with Crippen molar-refractivity contribution in [2.24, 2.45) is 5.10 Å². The van der Waals surface area contributed by atoms with E-state index in [1.807, 2.05) is 36.4 Å². The number of nitrogens with zero attached hydrogens (tertiary/aromatic N) is 2. The maximum atomic E-state index is 12.7. The molecule has 1 N–H and O–H groups in total. The van der Waals surface area contributed by atoms with Gasteiger partial charge in [0.1, 0.15) is 22.7 Å². The molecule has 4 rings (SSSR count). The van der Waals surface area contributed by atoms with Crippen LogP contribution in [0.1, 0.15) is 23.0 Å². The Morgan fingerprint density at radius 2 is 1.91 bits per heavy atom. The van der Waals surface area contributed by atoms with Crippen molar-refractivity contribution in [3.63, 3.8) is 0 Å². The van der Waals surface area contributed by atoms with Gasteiger partial charge in [-0.2, -0.15) is 5.10 Å². The Balaban J connectivity index is 1.52. The normalized spacial score (nSPS) is 10.9. The van der Waals surface area contributed by atoms with E-state index in [4.69, 9.17) is 13.9 Å². The number of esters is 1. The molecule has 0 saturated carbocycles. The minimum Gasteiger partial charge on any atom is -0.484 e. The van der Waals surface area contributed by atoms with Gasteiger partial charge in [0, 0.05) is 17.1 Å². The second kappa shape index (κ2) is 10.2. The minimum atomic E-state index is -0.492. The van der Waals surface area contributed by atoms with Crippen LogP contribution in [0.3, 0.4) is 0 Å². The zero-order chi connectivity index (χ0) is 23.0. The second-order valence-corrected chi connectivity index (χ2v) is 6.89. The molecule has 4 aromatic rings. The molecule has 0 radical (unpaired) electrons. The highest BCUT2D eigenvalue weighted by atomic mass is 16.5. The van der Waals surface area contributed by atoms with E-state index in [-0.39, 0.29) is 13.2 Å². The fraction of sp³-hybridized carbons (Fsp3) is 0.120. The number of hydrogen-bond acceptors (Lipinski definition) is 7. The van der Waals surface area contributed by atoms with Gasteiger partial charge in [0.25, 0.3) is 5.91 Å². The van der Waals surface area contributed by atoms with Crippen LogP contribution in [-0.4, -0.2) is 36.3 Å². The largest absolute Gasteiger partial charge is 0.484 e. The van der Waals surface area contributed by atoms with E-state index in [1.165, 1.54) is 6.21 Å². The van der Waals surface area contributed by atoms with Crippen LogP contribution >= 0.6 is 0 Å². The van der Waals surface area contributed by atoms with Crippen molar-refractivity contribution >= 4 is 29.1 Å². The summed E-state index contributed by atoms with van der Waals surface area (Å²) in [6.07, 6.45) is 3.07. The van der Waals surface area contributed by atoms with Crippen LogP contribution in [0.25, 0.3) is 22.3 Å². The van der Waals surface area contributed by atoms with E-state index in [0.717, 1.165) is 5.56 Å². The molecule has 33 heavy (non-hydrogen) atoms. The van der Waals surface area contributed by atoms with Crippen molar-refractivity contribution in [3.05, 3.63) is 84.2 Å². The van der Waals surface area contributed by atoms with E-state index in [1.54, 1.807) is 43.5 Å². The lowest BCUT2D eigenvalue weighted by atomic mass is 10.1. The van der Waals surface area contributed by atoms with E-state index in [0.29, 0.717) is 33.7 Å². The Bertz CT molecular complexity index is 1280. The Labute approximate surface area is 189 Å².